The van der Waals surface area contributed by atoms with Gasteiger partial charge in [-0.1, -0.05) is 20.8 Å². The number of nitrogens with zero attached hydrogens (tertiary/aromatic N) is 3. The quantitative estimate of drug-likeness (QED) is 0.898. The van der Waals surface area contributed by atoms with Crippen molar-refractivity contribution in [2.24, 2.45) is 5.41 Å². The van der Waals surface area contributed by atoms with Gasteiger partial charge in [0.2, 0.25) is 5.13 Å². The molecule has 0 radical (unpaired) electrons. The Hall–Kier alpha value is -0.680. The highest BCUT2D eigenvalue weighted by Crippen LogP contribution is 2.32. The van der Waals surface area contributed by atoms with Crippen LogP contribution in [0.2, 0.25) is 0 Å². The second-order valence-electron chi connectivity index (χ2n) is 5.46. The van der Waals surface area contributed by atoms with Crippen LogP contribution in [0.4, 0.5) is 5.13 Å². The van der Waals surface area contributed by atoms with Crippen molar-refractivity contribution >= 4 is 16.7 Å². The highest BCUT2D eigenvalue weighted by molar-refractivity contribution is 7.09. The molecule has 1 aromatic heterocycles. The standard InChI is InChI=1S/C12H21N3OS/c1-4-5-10-13-11(17-14-10)15-7-6-9(16)12(2,3)8-15/h9,16H,4-8H2,1-3H3. The predicted molar refractivity (Wildman–Crippen MR) is 70.5 cm³/mol. The largest absolute Gasteiger partial charge is 0.392 e. The number of aliphatic hydroxyl groups is 1. The Morgan fingerprint density at radius 1 is 1.53 bits per heavy atom. The highest BCUT2D eigenvalue weighted by atomic mass is 32.1. The van der Waals surface area contributed by atoms with Gasteiger partial charge in [0.25, 0.3) is 0 Å². The van der Waals surface area contributed by atoms with E-state index < -0.39 is 0 Å². The number of aromatic nitrogens is 2. The second-order valence-corrected chi connectivity index (χ2v) is 6.19. The molecule has 1 aliphatic heterocycles. The van der Waals surface area contributed by atoms with E-state index in [2.05, 4.69) is 35.0 Å². The van der Waals surface area contributed by atoms with Crippen molar-refractivity contribution in [1.82, 2.24) is 9.36 Å². The molecule has 4 nitrogen and oxygen atoms in total. The Balaban J connectivity index is 2.07. The van der Waals surface area contributed by atoms with Crippen molar-refractivity contribution in [3.05, 3.63) is 5.82 Å². The minimum atomic E-state index is -0.207. The van der Waals surface area contributed by atoms with Gasteiger partial charge in [-0.25, -0.2) is 4.98 Å². The molecular formula is C12H21N3OS. The number of hydrogen-bond donors (Lipinski definition) is 1. The Morgan fingerprint density at radius 2 is 2.29 bits per heavy atom. The van der Waals surface area contributed by atoms with Crippen LogP contribution < -0.4 is 4.90 Å². The Kier molecular flexibility index (Phi) is 3.68. The molecule has 0 aliphatic carbocycles. The van der Waals surface area contributed by atoms with Crippen molar-refractivity contribution in [1.29, 1.82) is 0 Å². The first kappa shape index (κ1) is 12.8. The van der Waals surface area contributed by atoms with Crippen LogP contribution >= 0.6 is 11.5 Å². The summed E-state index contributed by atoms with van der Waals surface area (Å²) in [6.45, 7) is 8.09. The molecule has 96 valence electrons. The van der Waals surface area contributed by atoms with Crippen LogP contribution in [0, 0.1) is 5.41 Å². The zero-order chi connectivity index (χ0) is 12.5. The van der Waals surface area contributed by atoms with Crippen molar-refractivity contribution < 1.29 is 5.11 Å². The molecule has 2 rings (SSSR count). The fourth-order valence-corrected chi connectivity index (χ4v) is 2.94. The lowest BCUT2D eigenvalue weighted by molar-refractivity contribution is 0.0336. The summed E-state index contributed by atoms with van der Waals surface area (Å²) in [7, 11) is 0. The van der Waals surface area contributed by atoms with E-state index >= 15 is 0 Å². The van der Waals surface area contributed by atoms with E-state index in [0.29, 0.717) is 0 Å². The van der Waals surface area contributed by atoms with Crippen LogP contribution in [-0.4, -0.2) is 33.7 Å². The molecule has 1 N–H and O–H groups in total. The molecule has 17 heavy (non-hydrogen) atoms. The molecule has 1 aromatic rings. The summed E-state index contributed by atoms with van der Waals surface area (Å²) in [5, 5.41) is 10.9. The summed E-state index contributed by atoms with van der Waals surface area (Å²) in [6.07, 6.45) is 2.65. The molecule has 1 saturated heterocycles. The summed E-state index contributed by atoms with van der Waals surface area (Å²) in [6, 6.07) is 0. The van der Waals surface area contributed by atoms with Crippen molar-refractivity contribution in [2.45, 2.75) is 46.1 Å². The van der Waals surface area contributed by atoms with Gasteiger partial charge < -0.3 is 10.0 Å². The minimum absolute atomic E-state index is 0.0607. The average molecular weight is 255 g/mol. The lowest BCUT2D eigenvalue weighted by Crippen LogP contribution is -2.48. The van der Waals surface area contributed by atoms with E-state index in [-0.39, 0.29) is 11.5 Å². The monoisotopic (exact) mass is 255 g/mol. The first-order valence-electron chi connectivity index (χ1n) is 6.28. The lowest BCUT2D eigenvalue weighted by atomic mass is 9.81. The molecule has 1 atom stereocenters. The molecule has 2 heterocycles. The van der Waals surface area contributed by atoms with Crippen LogP contribution in [0.1, 0.15) is 39.4 Å². The summed E-state index contributed by atoms with van der Waals surface area (Å²) in [4.78, 5) is 6.82. The molecule has 5 heteroatoms. The molecule has 0 bridgehead atoms. The van der Waals surface area contributed by atoms with E-state index in [9.17, 15) is 5.11 Å². The Labute approximate surface area is 107 Å². The third-order valence-corrected chi connectivity index (χ3v) is 4.19. The van der Waals surface area contributed by atoms with Crippen LogP contribution in [0.5, 0.6) is 0 Å². The van der Waals surface area contributed by atoms with Crippen molar-refractivity contribution in [3.8, 4) is 0 Å². The zero-order valence-corrected chi connectivity index (χ0v) is 11.6. The van der Waals surface area contributed by atoms with Gasteiger partial charge in [0, 0.05) is 36.5 Å². The fraction of sp³-hybridized carbons (Fsp3) is 0.833. The molecule has 0 amide bonds. The topological polar surface area (TPSA) is 49.2 Å². The number of aryl methyl sites for hydroxylation is 1. The molecule has 0 spiro atoms. The van der Waals surface area contributed by atoms with Gasteiger partial charge in [-0.2, -0.15) is 4.37 Å². The molecule has 1 fully saturated rings. The molecule has 1 unspecified atom stereocenters. The van der Waals surface area contributed by atoms with Gasteiger partial charge in [0.15, 0.2) is 0 Å². The summed E-state index contributed by atoms with van der Waals surface area (Å²) in [5.74, 6) is 0.955. The number of rotatable bonds is 3. The SMILES string of the molecule is CCCc1nsc(N2CCC(O)C(C)(C)C2)n1. The lowest BCUT2D eigenvalue weighted by Gasteiger charge is -2.41. The normalized spacial score (nSPS) is 24.0. The minimum Gasteiger partial charge on any atom is -0.392 e. The summed E-state index contributed by atoms with van der Waals surface area (Å²) in [5.41, 5.74) is -0.0607. The predicted octanol–water partition coefficient (Wildman–Crippen LogP) is 2.09. The maximum absolute atomic E-state index is 9.93. The first-order valence-corrected chi connectivity index (χ1v) is 7.06. The van der Waals surface area contributed by atoms with Gasteiger partial charge in [-0.15, -0.1) is 0 Å². The van der Waals surface area contributed by atoms with Gasteiger partial charge in [0.1, 0.15) is 5.82 Å². The third-order valence-electron chi connectivity index (χ3n) is 3.37. The second kappa shape index (κ2) is 4.90. The Morgan fingerprint density at radius 3 is 2.94 bits per heavy atom. The van der Waals surface area contributed by atoms with Gasteiger partial charge >= 0.3 is 0 Å². The number of aliphatic hydroxyl groups excluding tert-OH is 1. The maximum Gasteiger partial charge on any atom is 0.205 e. The molecule has 0 aromatic carbocycles. The van der Waals surface area contributed by atoms with Crippen molar-refractivity contribution in [3.63, 3.8) is 0 Å². The highest BCUT2D eigenvalue weighted by Gasteiger charge is 2.35. The van der Waals surface area contributed by atoms with Crippen LogP contribution in [0.3, 0.4) is 0 Å². The van der Waals surface area contributed by atoms with E-state index in [1.807, 2.05) is 0 Å². The smallest absolute Gasteiger partial charge is 0.205 e. The average Bonchev–Trinajstić information content (AvgIpc) is 2.71. The molecule has 1 aliphatic rings. The maximum atomic E-state index is 9.93. The van der Waals surface area contributed by atoms with Gasteiger partial charge in [-0.05, 0) is 12.8 Å². The van der Waals surface area contributed by atoms with E-state index in [1.165, 1.54) is 11.5 Å². The van der Waals surface area contributed by atoms with E-state index in [1.54, 1.807) is 0 Å². The van der Waals surface area contributed by atoms with Gasteiger partial charge in [0.05, 0.1) is 6.10 Å². The van der Waals surface area contributed by atoms with E-state index in [0.717, 1.165) is 43.3 Å². The summed E-state index contributed by atoms with van der Waals surface area (Å²) < 4.78 is 4.37. The van der Waals surface area contributed by atoms with Crippen LogP contribution in [0.25, 0.3) is 0 Å². The third kappa shape index (κ3) is 2.77. The van der Waals surface area contributed by atoms with Crippen molar-refractivity contribution in [2.75, 3.05) is 18.0 Å². The van der Waals surface area contributed by atoms with Gasteiger partial charge in [-0.3, -0.25) is 0 Å². The summed E-state index contributed by atoms with van der Waals surface area (Å²) >= 11 is 1.48. The number of hydrogen-bond acceptors (Lipinski definition) is 5. The fourth-order valence-electron chi connectivity index (χ4n) is 2.21. The first-order chi connectivity index (χ1) is 8.03. The molecule has 0 saturated carbocycles. The van der Waals surface area contributed by atoms with E-state index in [4.69, 9.17) is 0 Å². The number of anilines is 1. The van der Waals surface area contributed by atoms with Crippen LogP contribution in [-0.2, 0) is 6.42 Å². The van der Waals surface area contributed by atoms with Crippen LogP contribution in [0.15, 0.2) is 0 Å². The zero-order valence-electron chi connectivity index (χ0n) is 10.8. The molecular weight excluding hydrogens is 234 g/mol. The number of piperidine rings is 1. The Bertz CT molecular complexity index is 378.